The molecule has 0 aliphatic carbocycles. The largest absolute Gasteiger partial charge is 0.416 e. The van der Waals surface area contributed by atoms with Crippen LogP contribution in [0.1, 0.15) is 17.0 Å². The topological polar surface area (TPSA) is 65.6 Å². The van der Waals surface area contributed by atoms with Crippen LogP contribution in [0.3, 0.4) is 0 Å². The molecule has 10 heteroatoms. The van der Waals surface area contributed by atoms with Crippen molar-refractivity contribution in [3.05, 3.63) is 105 Å². The van der Waals surface area contributed by atoms with Gasteiger partial charge in [-0.15, -0.1) is 0 Å². The lowest BCUT2D eigenvalue weighted by Crippen LogP contribution is -2.24. The molecule has 6 rings (SSSR count). The van der Waals surface area contributed by atoms with E-state index < -0.39 is 11.7 Å². The average Bonchev–Trinajstić information content (AvgIpc) is 3.18. The standard InChI is InChI=1S/C27H17ClF3N5O/c1-15-32-24-22(26(37)35(15)14-16-9-11-18(28)12-10-16)23-25(34-21-8-3-2-7-20(21)33-23)36(24)19-6-4-5-17(13-19)27(29,30)31/h2-13H,14H2,1H3. The van der Waals surface area contributed by atoms with Crippen LogP contribution in [-0.4, -0.2) is 24.1 Å². The number of aromatic nitrogens is 5. The first kappa shape index (κ1) is 23.2. The Bertz CT molecular complexity index is 1890. The molecule has 0 spiro atoms. The van der Waals surface area contributed by atoms with E-state index in [2.05, 4.69) is 4.98 Å². The summed E-state index contributed by atoms with van der Waals surface area (Å²) in [5, 5.41) is 0.762. The van der Waals surface area contributed by atoms with Crippen LogP contribution in [0.5, 0.6) is 0 Å². The number of hydrogen-bond acceptors (Lipinski definition) is 4. The number of nitrogens with zero attached hydrogens (tertiary/aromatic N) is 5. The summed E-state index contributed by atoms with van der Waals surface area (Å²) in [7, 11) is 0. The number of rotatable bonds is 3. The predicted octanol–water partition coefficient (Wildman–Crippen LogP) is 6.31. The Kier molecular flexibility index (Phi) is 5.27. The van der Waals surface area contributed by atoms with Crippen LogP contribution in [0.4, 0.5) is 13.2 Å². The third kappa shape index (κ3) is 3.92. The molecule has 3 heterocycles. The van der Waals surface area contributed by atoms with Gasteiger partial charge in [-0.3, -0.25) is 13.9 Å². The number of benzene rings is 3. The van der Waals surface area contributed by atoms with Gasteiger partial charge < -0.3 is 0 Å². The van der Waals surface area contributed by atoms with Gasteiger partial charge in [0.15, 0.2) is 11.3 Å². The molecule has 0 saturated carbocycles. The number of halogens is 4. The second-order valence-corrected chi connectivity index (χ2v) is 9.08. The number of fused-ring (bicyclic) bond motifs is 4. The molecule has 0 fully saturated rings. The highest BCUT2D eigenvalue weighted by atomic mass is 35.5. The Balaban J connectivity index is 1.70. The molecular formula is C27H17ClF3N5O. The van der Waals surface area contributed by atoms with E-state index in [1.165, 1.54) is 21.3 Å². The molecule has 6 aromatic rings. The van der Waals surface area contributed by atoms with Crippen molar-refractivity contribution in [2.24, 2.45) is 0 Å². The van der Waals surface area contributed by atoms with E-state index in [1.54, 1.807) is 43.3 Å². The molecular weight excluding hydrogens is 503 g/mol. The van der Waals surface area contributed by atoms with Gasteiger partial charge in [-0.1, -0.05) is 41.9 Å². The van der Waals surface area contributed by atoms with Crippen molar-refractivity contribution in [3.8, 4) is 5.69 Å². The van der Waals surface area contributed by atoms with E-state index in [0.29, 0.717) is 21.9 Å². The smallest absolute Gasteiger partial charge is 0.292 e. The Morgan fingerprint density at radius 2 is 1.57 bits per heavy atom. The monoisotopic (exact) mass is 519 g/mol. The first-order valence-electron chi connectivity index (χ1n) is 11.3. The summed E-state index contributed by atoms with van der Waals surface area (Å²) in [5.41, 5.74) is 1.66. The van der Waals surface area contributed by atoms with Crippen LogP contribution < -0.4 is 5.56 Å². The Labute approximate surface area is 212 Å². The first-order valence-corrected chi connectivity index (χ1v) is 11.7. The van der Waals surface area contributed by atoms with Crippen molar-refractivity contribution < 1.29 is 13.2 Å². The number of aryl methyl sites for hydroxylation is 1. The molecule has 3 aromatic heterocycles. The molecule has 0 N–H and O–H groups in total. The second-order valence-electron chi connectivity index (χ2n) is 8.64. The lowest BCUT2D eigenvalue weighted by molar-refractivity contribution is -0.137. The van der Waals surface area contributed by atoms with Crippen molar-refractivity contribution in [1.82, 2.24) is 24.1 Å². The van der Waals surface area contributed by atoms with Gasteiger partial charge in [0.1, 0.15) is 16.7 Å². The zero-order valence-corrected chi connectivity index (χ0v) is 20.0. The van der Waals surface area contributed by atoms with Crippen LogP contribution in [-0.2, 0) is 12.7 Å². The van der Waals surface area contributed by atoms with Crippen molar-refractivity contribution in [2.45, 2.75) is 19.6 Å². The molecule has 37 heavy (non-hydrogen) atoms. The average molecular weight is 520 g/mol. The van der Waals surface area contributed by atoms with Crippen molar-refractivity contribution in [2.75, 3.05) is 0 Å². The molecule has 0 bridgehead atoms. The molecule has 6 nitrogen and oxygen atoms in total. The number of alkyl halides is 3. The summed E-state index contributed by atoms with van der Waals surface area (Å²) in [6.45, 7) is 1.92. The van der Waals surface area contributed by atoms with E-state index in [1.807, 2.05) is 12.1 Å². The maximum atomic E-state index is 13.9. The summed E-state index contributed by atoms with van der Waals surface area (Å²) in [6.07, 6.45) is -4.54. The number of para-hydroxylation sites is 2. The van der Waals surface area contributed by atoms with E-state index in [-0.39, 0.29) is 40.0 Å². The maximum absolute atomic E-state index is 13.9. The number of hydrogen-bond donors (Lipinski definition) is 0. The third-order valence-corrected chi connectivity index (χ3v) is 6.49. The van der Waals surface area contributed by atoms with Crippen molar-refractivity contribution in [1.29, 1.82) is 0 Å². The highest BCUT2D eigenvalue weighted by molar-refractivity contribution is 6.30. The van der Waals surface area contributed by atoms with Gasteiger partial charge in [0.2, 0.25) is 0 Å². The van der Waals surface area contributed by atoms with Crippen LogP contribution in [0.15, 0.2) is 77.6 Å². The second kappa shape index (κ2) is 8.41. The molecule has 0 atom stereocenters. The van der Waals surface area contributed by atoms with Crippen LogP contribution in [0, 0.1) is 6.92 Å². The van der Waals surface area contributed by atoms with E-state index in [9.17, 15) is 18.0 Å². The fraction of sp³-hybridized carbons (Fsp3) is 0.111. The van der Waals surface area contributed by atoms with Gasteiger partial charge in [0.25, 0.3) is 5.56 Å². The first-order chi connectivity index (χ1) is 17.7. The van der Waals surface area contributed by atoms with Crippen LogP contribution in [0.2, 0.25) is 5.02 Å². The minimum Gasteiger partial charge on any atom is -0.292 e. The van der Waals surface area contributed by atoms with Gasteiger partial charge >= 0.3 is 6.18 Å². The minimum absolute atomic E-state index is 0.182. The van der Waals surface area contributed by atoms with Crippen LogP contribution in [0.25, 0.3) is 38.9 Å². The van der Waals surface area contributed by atoms with Gasteiger partial charge in [-0.2, -0.15) is 13.2 Å². The Morgan fingerprint density at radius 3 is 2.27 bits per heavy atom. The molecule has 0 saturated heterocycles. The van der Waals surface area contributed by atoms with Gasteiger partial charge in [0, 0.05) is 10.7 Å². The fourth-order valence-corrected chi connectivity index (χ4v) is 4.58. The van der Waals surface area contributed by atoms with E-state index in [4.69, 9.17) is 21.6 Å². The predicted molar refractivity (Wildman–Crippen MR) is 136 cm³/mol. The molecule has 184 valence electrons. The molecule has 0 radical (unpaired) electrons. The molecule has 0 aliphatic rings. The quantitative estimate of drug-likeness (QED) is 0.275. The summed E-state index contributed by atoms with van der Waals surface area (Å²) < 4.78 is 43.6. The van der Waals surface area contributed by atoms with Crippen molar-refractivity contribution in [3.63, 3.8) is 0 Å². The summed E-state index contributed by atoms with van der Waals surface area (Å²) >= 11 is 6.00. The highest BCUT2D eigenvalue weighted by Gasteiger charge is 2.31. The van der Waals surface area contributed by atoms with Gasteiger partial charge in [-0.05, 0) is 55.0 Å². The molecule has 0 aliphatic heterocycles. The SMILES string of the molecule is Cc1nc2c(c(=O)n1Cc1ccc(Cl)cc1)c1nc3ccccc3nc1n2-c1cccc(C(F)(F)F)c1. The molecule has 0 unspecified atom stereocenters. The van der Waals surface area contributed by atoms with Crippen LogP contribution >= 0.6 is 11.6 Å². The zero-order chi connectivity index (χ0) is 25.9. The Hall–Kier alpha value is -4.24. The van der Waals surface area contributed by atoms with E-state index >= 15 is 0 Å². The normalized spacial score (nSPS) is 12.1. The fourth-order valence-electron chi connectivity index (χ4n) is 4.46. The third-order valence-electron chi connectivity index (χ3n) is 6.24. The molecule has 3 aromatic carbocycles. The lowest BCUT2D eigenvalue weighted by Gasteiger charge is -2.12. The summed E-state index contributed by atoms with van der Waals surface area (Å²) in [5.74, 6) is 0.396. The van der Waals surface area contributed by atoms with Crippen molar-refractivity contribution >= 4 is 44.8 Å². The van der Waals surface area contributed by atoms with Gasteiger partial charge in [0.05, 0.1) is 23.1 Å². The minimum atomic E-state index is -4.54. The zero-order valence-electron chi connectivity index (χ0n) is 19.3. The van der Waals surface area contributed by atoms with E-state index in [0.717, 1.165) is 17.7 Å². The summed E-state index contributed by atoms with van der Waals surface area (Å²) in [6, 6.07) is 19.1. The van der Waals surface area contributed by atoms with Gasteiger partial charge in [-0.25, -0.2) is 15.0 Å². The maximum Gasteiger partial charge on any atom is 0.416 e. The Morgan fingerprint density at radius 1 is 0.865 bits per heavy atom. The molecule has 0 amide bonds. The summed E-state index contributed by atoms with van der Waals surface area (Å²) in [4.78, 5) is 28.0. The lowest BCUT2D eigenvalue weighted by atomic mass is 10.2. The highest BCUT2D eigenvalue weighted by Crippen LogP contribution is 2.33.